The normalized spacial score (nSPS) is 12.0. The highest BCUT2D eigenvalue weighted by Gasteiger charge is 2.07. The van der Waals surface area contributed by atoms with Crippen molar-refractivity contribution in [1.82, 2.24) is 15.0 Å². The fourth-order valence-corrected chi connectivity index (χ4v) is 2.57. The van der Waals surface area contributed by atoms with Gasteiger partial charge >= 0.3 is 0 Å². The molecule has 132 valence electrons. The van der Waals surface area contributed by atoms with E-state index in [1.54, 1.807) is 13.1 Å². The number of carbonyl (C=O) groups is 1. The maximum atomic E-state index is 11.5. The van der Waals surface area contributed by atoms with Crippen molar-refractivity contribution in [2.75, 3.05) is 5.32 Å². The number of H-pyrrole nitrogens is 1. The lowest BCUT2D eigenvalue weighted by molar-refractivity contribution is 0.101. The lowest BCUT2D eigenvalue weighted by Crippen LogP contribution is -1.99. The summed E-state index contributed by atoms with van der Waals surface area (Å²) in [6, 6.07) is 9.49. The van der Waals surface area contributed by atoms with E-state index in [1.165, 1.54) is 0 Å². The average Bonchev–Trinajstić information content (AvgIpc) is 3.06. The summed E-state index contributed by atoms with van der Waals surface area (Å²) in [6.45, 7) is 5.52. The second-order valence-corrected chi connectivity index (χ2v) is 5.83. The third-order valence-corrected chi connectivity index (χ3v) is 3.86. The molecular weight excluding hydrogens is 326 g/mol. The van der Waals surface area contributed by atoms with Crippen LogP contribution in [0.3, 0.4) is 0 Å². The first-order valence-electron chi connectivity index (χ1n) is 8.53. The molecule has 0 aliphatic rings. The van der Waals surface area contributed by atoms with Gasteiger partial charge < -0.3 is 10.3 Å². The van der Waals surface area contributed by atoms with Crippen molar-refractivity contribution in [1.29, 1.82) is 0 Å². The summed E-state index contributed by atoms with van der Waals surface area (Å²) in [5, 5.41) is 4.17. The van der Waals surface area contributed by atoms with Crippen LogP contribution in [0.5, 0.6) is 0 Å². The third-order valence-electron chi connectivity index (χ3n) is 3.86. The van der Waals surface area contributed by atoms with Crippen molar-refractivity contribution in [3.8, 4) is 0 Å². The van der Waals surface area contributed by atoms with E-state index in [-0.39, 0.29) is 5.78 Å². The Morgan fingerprint density at radius 1 is 1.31 bits per heavy atom. The summed E-state index contributed by atoms with van der Waals surface area (Å²) in [6.07, 6.45) is 6.36. The predicted octanol–water partition coefficient (Wildman–Crippen LogP) is 4.75. The second-order valence-electron chi connectivity index (χ2n) is 5.83. The van der Waals surface area contributed by atoms with Crippen LogP contribution in [0.2, 0.25) is 0 Å². The first kappa shape index (κ1) is 17.5. The molecule has 3 aromatic rings. The monoisotopic (exact) mass is 347 g/mol. The molecule has 0 saturated heterocycles. The van der Waals surface area contributed by atoms with Gasteiger partial charge in [0.2, 0.25) is 5.95 Å². The number of hydrogen-bond acceptors (Lipinski definition) is 5. The molecule has 26 heavy (non-hydrogen) atoms. The summed E-state index contributed by atoms with van der Waals surface area (Å²) < 4.78 is 0. The lowest BCUT2D eigenvalue weighted by Gasteiger charge is -2.07. The number of rotatable bonds is 6. The number of benzene rings is 1. The minimum Gasteiger partial charge on any atom is -0.352 e. The van der Waals surface area contributed by atoms with E-state index in [9.17, 15) is 4.79 Å². The van der Waals surface area contributed by atoms with Gasteiger partial charge in [0, 0.05) is 35.9 Å². The van der Waals surface area contributed by atoms with Gasteiger partial charge in [0.05, 0.1) is 17.1 Å². The molecule has 0 spiro atoms. The molecule has 1 aromatic carbocycles. The first-order chi connectivity index (χ1) is 12.6. The molecule has 2 heterocycles. The fourth-order valence-electron chi connectivity index (χ4n) is 2.57. The smallest absolute Gasteiger partial charge is 0.227 e. The maximum absolute atomic E-state index is 11.5. The highest BCUT2D eigenvalue weighted by Crippen LogP contribution is 2.23. The number of ketones is 1. The van der Waals surface area contributed by atoms with E-state index < -0.39 is 0 Å². The van der Waals surface area contributed by atoms with Gasteiger partial charge in [0.1, 0.15) is 0 Å². The largest absolute Gasteiger partial charge is 0.352 e. The van der Waals surface area contributed by atoms with Crippen LogP contribution >= 0.6 is 0 Å². The van der Waals surface area contributed by atoms with Crippen LogP contribution < -0.4 is 5.32 Å². The summed E-state index contributed by atoms with van der Waals surface area (Å²) in [5.74, 6) is 0.508. The van der Waals surface area contributed by atoms with E-state index >= 15 is 0 Å². The van der Waals surface area contributed by atoms with Crippen molar-refractivity contribution >= 4 is 40.2 Å². The van der Waals surface area contributed by atoms with Gasteiger partial charge in [-0.25, -0.2) is 9.97 Å². The molecule has 2 N–H and O–H groups in total. The second kappa shape index (κ2) is 7.74. The number of aromatic amines is 1. The van der Waals surface area contributed by atoms with Gasteiger partial charge in [0.15, 0.2) is 5.78 Å². The van der Waals surface area contributed by atoms with E-state index in [1.807, 2.05) is 56.5 Å². The molecule has 6 heteroatoms. The minimum atomic E-state index is 0.0123. The number of Topliss-reactive ketones (excluding diaryl/α,β-unsaturated/α-hetero) is 1. The number of nitrogens with one attached hydrogen (secondary N) is 2. The standard InChI is InChI=1S/C20H21N5O/c1-4-9-21-16(5-2)18-8-10-22-20(25-18)23-15-6-7-17-14(11-15)12-19(24-17)13(3)26/h5-12,24H,4H2,1-3H3,(H,22,23,25)/b16-5-,21-9?. The van der Waals surface area contributed by atoms with E-state index in [2.05, 4.69) is 25.3 Å². The Bertz CT molecular complexity index is 1000. The highest BCUT2D eigenvalue weighted by molar-refractivity contribution is 5.98. The number of nitrogens with zero attached hydrogens (tertiary/aromatic N) is 3. The topological polar surface area (TPSA) is 83.0 Å². The Balaban J connectivity index is 1.87. The number of aliphatic imine (C=N–C) groups is 1. The quantitative estimate of drug-likeness (QED) is 0.498. The molecule has 0 bridgehead atoms. The summed E-state index contributed by atoms with van der Waals surface area (Å²) >= 11 is 0. The summed E-state index contributed by atoms with van der Waals surface area (Å²) in [4.78, 5) is 27.9. The highest BCUT2D eigenvalue weighted by atomic mass is 16.1. The van der Waals surface area contributed by atoms with Gasteiger partial charge in [-0.2, -0.15) is 0 Å². The molecule has 0 amide bonds. The Labute approximate surface area is 152 Å². The van der Waals surface area contributed by atoms with Crippen molar-refractivity contribution in [2.45, 2.75) is 27.2 Å². The fraction of sp³-hybridized carbons (Fsp3) is 0.200. The predicted molar refractivity (Wildman–Crippen MR) is 106 cm³/mol. The molecule has 2 aromatic heterocycles. The van der Waals surface area contributed by atoms with Crippen molar-refractivity contribution in [2.24, 2.45) is 4.99 Å². The van der Waals surface area contributed by atoms with Crippen molar-refractivity contribution in [3.05, 3.63) is 54.0 Å². The van der Waals surface area contributed by atoms with Crippen LogP contribution in [0, 0.1) is 0 Å². The molecule has 0 atom stereocenters. The molecule has 0 unspecified atom stereocenters. The zero-order chi connectivity index (χ0) is 18.5. The van der Waals surface area contributed by atoms with Crippen LogP contribution in [0.15, 0.2) is 47.6 Å². The molecule has 0 aliphatic heterocycles. The van der Waals surface area contributed by atoms with Gasteiger partial charge in [-0.05, 0) is 43.7 Å². The van der Waals surface area contributed by atoms with Gasteiger partial charge in [-0.1, -0.05) is 13.0 Å². The number of fused-ring (bicyclic) bond motifs is 1. The third kappa shape index (κ3) is 3.85. The Morgan fingerprint density at radius 3 is 2.88 bits per heavy atom. The Kier molecular flexibility index (Phi) is 5.22. The summed E-state index contributed by atoms with van der Waals surface area (Å²) in [7, 11) is 0. The molecule has 6 nitrogen and oxygen atoms in total. The Hall–Kier alpha value is -3.28. The van der Waals surface area contributed by atoms with Crippen LogP contribution in [-0.2, 0) is 0 Å². The van der Waals surface area contributed by atoms with Crippen LogP contribution in [0.1, 0.15) is 43.4 Å². The lowest BCUT2D eigenvalue weighted by atomic mass is 10.2. The molecule has 0 fully saturated rings. The molecular formula is C20H21N5O. The van der Waals surface area contributed by atoms with Crippen LogP contribution in [-0.4, -0.2) is 26.9 Å². The zero-order valence-electron chi connectivity index (χ0n) is 15.1. The van der Waals surface area contributed by atoms with Crippen LogP contribution in [0.25, 0.3) is 16.6 Å². The van der Waals surface area contributed by atoms with Gasteiger partial charge in [-0.3, -0.25) is 9.79 Å². The van der Waals surface area contributed by atoms with E-state index in [0.29, 0.717) is 11.6 Å². The van der Waals surface area contributed by atoms with Crippen molar-refractivity contribution in [3.63, 3.8) is 0 Å². The van der Waals surface area contributed by atoms with Crippen molar-refractivity contribution < 1.29 is 4.79 Å². The van der Waals surface area contributed by atoms with E-state index in [4.69, 9.17) is 0 Å². The zero-order valence-corrected chi connectivity index (χ0v) is 15.1. The molecule has 3 rings (SSSR count). The SMILES string of the molecule is C/C=C(\N=CCC)c1ccnc(Nc2ccc3[nH]c(C(C)=O)cc3c2)n1. The minimum absolute atomic E-state index is 0.0123. The van der Waals surface area contributed by atoms with Gasteiger partial charge in [-0.15, -0.1) is 0 Å². The first-order valence-corrected chi connectivity index (χ1v) is 8.53. The number of carbonyl (C=O) groups excluding carboxylic acids is 1. The molecule has 0 aliphatic carbocycles. The number of anilines is 2. The number of allylic oxidation sites excluding steroid dienone is 1. The average molecular weight is 347 g/mol. The molecule has 0 saturated carbocycles. The maximum Gasteiger partial charge on any atom is 0.227 e. The van der Waals surface area contributed by atoms with Gasteiger partial charge in [0.25, 0.3) is 0 Å². The van der Waals surface area contributed by atoms with E-state index in [0.717, 1.165) is 34.4 Å². The number of aromatic nitrogens is 3. The number of hydrogen-bond donors (Lipinski definition) is 2. The summed E-state index contributed by atoms with van der Waals surface area (Å²) in [5.41, 5.74) is 3.94. The molecule has 0 radical (unpaired) electrons. The van der Waals surface area contributed by atoms with Crippen LogP contribution in [0.4, 0.5) is 11.6 Å². The Morgan fingerprint density at radius 2 is 2.15 bits per heavy atom.